The maximum Gasteiger partial charge on any atom is 0.221 e. The fourth-order valence-electron chi connectivity index (χ4n) is 1.49. The second-order valence-corrected chi connectivity index (χ2v) is 4.59. The van der Waals surface area contributed by atoms with Gasteiger partial charge in [0.2, 0.25) is 5.91 Å². The first-order valence-corrected chi connectivity index (χ1v) is 5.67. The Morgan fingerprint density at radius 3 is 2.85 bits per heavy atom. The van der Waals surface area contributed by atoms with Crippen LogP contribution in [0.1, 0.15) is 26.7 Å². The van der Waals surface area contributed by atoms with E-state index in [1.165, 1.54) is 0 Å². The maximum absolute atomic E-state index is 11.3. The van der Waals surface area contributed by atoms with Gasteiger partial charge in [-0.15, -0.1) is 0 Å². The van der Waals surface area contributed by atoms with E-state index in [0.29, 0.717) is 11.8 Å². The molecule has 1 atom stereocenters. The van der Waals surface area contributed by atoms with Crippen molar-refractivity contribution in [2.24, 2.45) is 0 Å². The summed E-state index contributed by atoms with van der Waals surface area (Å²) >= 11 is 3.24. The molecule has 4 heteroatoms. The second-order valence-electron chi connectivity index (χ2n) is 3.80. The molecule has 1 fully saturated rings. The quantitative estimate of drug-likeness (QED) is 0.770. The lowest BCUT2D eigenvalue weighted by Gasteiger charge is -2.26. The second kappa shape index (κ2) is 4.42. The number of halogens is 1. The Labute approximate surface area is 87.3 Å². The normalized spacial score (nSPS) is 25.9. The van der Waals surface area contributed by atoms with Crippen LogP contribution in [0.2, 0.25) is 0 Å². The Morgan fingerprint density at radius 1 is 1.69 bits per heavy atom. The zero-order valence-corrected chi connectivity index (χ0v) is 9.69. The van der Waals surface area contributed by atoms with E-state index in [9.17, 15) is 4.79 Å². The molecule has 0 saturated carbocycles. The lowest BCUT2D eigenvalue weighted by Crippen LogP contribution is -2.46. The number of hydrogen-bond acceptors (Lipinski definition) is 2. The van der Waals surface area contributed by atoms with Crippen LogP contribution in [0.25, 0.3) is 0 Å². The summed E-state index contributed by atoms with van der Waals surface area (Å²) in [6.45, 7) is 4.77. The van der Waals surface area contributed by atoms with Crippen molar-refractivity contribution < 1.29 is 9.53 Å². The zero-order valence-electron chi connectivity index (χ0n) is 8.10. The number of carbonyl (C=O) groups excluding carboxylic acids is 1. The Kier molecular flexibility index (Phi) is 3.74. The van der Waals surface area contributed by atoms with Crippen molar-refractivity contribution in [2.45, 2.75) is 38.3 Å². The third-order valence-corrected chi connectivity index (χ3v) is 2.77. The minimum absolute atomic E-state index is 0.0976. The smallest absolute Gasteiger partial charge is 0.221 e. The Balaban J connectivity index is 2.40. The molecule has 0 spiro atoms. The number of alkyl halides is 1. The van der Waals surface area contributed by atoms with E-state index in [1.807, 2.05) is 13.8 Å². The highest BCUT2D eigenvalue weighted by molar-refractivity contribution is 9.09. The highest BCUT2D eigenvalue weighted by Gasteiger charge is 2.36. The van der Waals surface area contributed by atoms with Crippen molar-refractivity contribution in [1.29, 1.82) is 0 Å². The summed E-state index contributed by atoms with van der Waals surface area (Å²) in [6, 6.07) is 0.166. The summed E-state index contributed by atoms with van der Waals surface area (Å²) in [4.78, 5) is 11.3. The number of amides is 1. The molecule has 0 aromatic carbocycles. The van der Waals surface area contributed by atoms with Crippen molar-refractivity contribution in [3.05, 3.63) is 0 Å². The molecule has 1 amide bonds. The molecule has 0 bridgehead atoms. The number of nitrogens with one attached hydrogen (secondary N) is 1. The first-order chi connectivity index (χ1) is 6.06. The van der Waals surface area contributed by atoms with E-state index in [2.05, 4.69) is 21.2 Å². The van der Waals surface area contributed by atoms with E-state index < -0.39 is 0 Å². The van der Waals surface area contributed by atoms with Crippen LogP contribution in [0.5, 0.6) is 0 Å². The molecule has 0 aromatic rings. The van der Waals surface area contributed by atoms with Crippen molar-refractivity contribution in [2.75, 3.05) is 11.9 Å². The summed E-state index contributed by atoms with van der Waals surface area (Å²) in [6.07, 6.45) is 1.45. The summed E-state index contributed by atoms with van der Waals surface area (Å²) in [5, 5.41) is 3.69. The predicted octanol–water partition coefficient (Wildman–Crippen LogP) is 1.46. The minimum Gasteiger partial charge on any atom is -0.373 e. The van der Waals surface area contributed by atoms with Gasteiger partial charge >= 0.3 is 0 Å². The molecule has 1 saturated heterocycles. The summed E-state index contributed by atoms with van der Waals surface area (Å²) in [5.74, 6) is 0.0976. The first kappa shape index (κ1) is 11.0. The summed E-state index contributed by atoms with van der Waals surface area (Å²) in [7, 11) is 0. The monoisotopic (exact) mass is 249 g/mol. The van der Waals surface area contributed by atoms with Crippen molar-refractivity contribution in [3.63, 3.8) is 0 Å². The summed E-state index contributed by atoms with van der Waals surface area (Å²) < 4.78 is 5.51. The van der Waals surface area contributed by atoms with Crippen LogP contribution in [-0.2, 0) is 9.53 Å². The standard InChI is InChI=1S/C9H16BrNO2/c1-9(2)7(4-6-13-9)11-8(12)3-5-10/h7H,3-6H2,1-2H3,(H,11,12). The molecule has 1 unspecified atom stereocenters. The van der Waals surface area contributed by atoms with Crippen LogP contribution in [0.3, 0.4) is 0 Å². The van der Waals surface area contributed by atoms with Crippen LogP contribution >= 0.6 is 15.9 Å². The third kappa shape index (κ3) is 2.95. The molecule has 0 aromatic heterocycles. The largest absolute Gasteiger partial charge is 0.373 e. The fraction of sp³-hybridized carbons (Fsp3) is 0.889. The fourth-order valence-corrected chi connectivity index (χ4v) is 1.85. The molecule has 0 aliphatic carbocycles. The molecule has 1 aliphatic rings. The lowest BCUT2D eigenvalue weighted by molar-refractivity contribution is -0.122. The van der Waals surface area contributed by atoms with Gasteiger partial charge in [0.15, 0.2) is 0 Å². The highest BCUT2D eigenvalue weighted by atomic mass is 79.9. The van der Waals surface area contributed by atoms with E-state index in [-0.39, 0.29) is 17.6 Å². The van der Waals surface area contributed by atoms with Crippen LogP contribution in [-0.4, -0.2) is 29.5 Å². The van der Waals surface area contributed by atoms with Gasteiger partial charge in [0.05, 0.1) is 11.6 Å². The van der Waals surface area contributed by atoms with Gasteiger partial charge < -0.3 is 10.1 Å². The van der Waals surface area contributed by atoms with Crippen molar-refractivity contribution >= 4 is 21.8 Å². The van der Waals surface area contributed by atoms with Crippen LogP contribution in [0.15, 0.2) is 0 Å². The average molecular weight is 250 g/mol. The average Bonchev–Trinajstić information content (AvgIpc) is 2.31. The predicted molar refractivity (Wildman–Crippen MR) is 55.0 cm³/mol. The van der Waals surface area contributed by atoms with Gasteiger partial charge in [-0.05, 0) is 20.3 Å². The van der Waals surface area contributed by atoms with E-state index in [4.69, 9.17) is 4.74 Å². The van der Waals surface area contributed by atoms with Crippen LogP contribution in [0, 0.1) is 0 Å². The van der Waals surface area contributed by atoms with Crippen molar-refractivity contribution in [3.8, 4) is 0 Å². The molecule has 1 N–H and O–H groups in total. The van der Waals surface area contributed by atoms with E-state index in [0.717, 1.165) is 13.0 Å². The molecular weight excluding hydrogens is 234 g/mol. The van der Waals surface area contributed by atoms with Gasteiger partial charge in [0, 0.05) is 18.4 Å². The van der Waals surface area contributed by atoms with Gasteiger partial charge in [0.1, 0.15) is 0 Å². The van der Waals surface area contributed by atoms with Gasteiger partial charge in [-0.3, -0.25) is 4.79 Å². The van der Waals surface area contributed by atoms with E-state index in [1.54, 1.807) is 0 Å². The van der Waals surface area contributed by atoms with Gasteiger partial charge in [-0.25, -0.2) is 0 Å². The molecule has 3 nitrogen and oxygen atoms in total. The van der Waals surface area contributed by atoms with Crippen molar-refractivity contribution in [1.82, 2.24) is 5.32 Å². The highest BCUT2D eigenvalue weighted by Crippen LogP contribution is 2.24. The Bertz CT molecular complexity index is 194. The van der Waals surface area contributed by atoms with E-state index >= 15 is 0 Å². The third-order valence-electron chi connectivity index (χ3n) is 2.38. The molecule has 1 rings (SSSR count). The van der Waals surface area contributed by atoms with Gasteiger partial charge in [-0.1, -0.05) is 15.9 Å². The Morgan fingerprint density at radius 2 is 2.38 bits per heavy atom. The van der Waals surface area contributed by atoms with Crippen LogP contribution < -0.4 is 5.32 Å². The molecular formula is C9H16BrNO2. The lowest BCUT2D eigenvalue weighted by atomic mass is 9.99. The number of ether oxygens (including phenoxy) is 1. The summed E-state index contributed by atoms with van der Waals surface area (Å²) in [5.41, 5.74) is -0.206. The first-order valence-electron chi connectivity index (χ1n) is 4.55. The molecule has 0 radical (unpaired) electrons. The molecule has 1 heterocycles. The molecule has 76 valence electrons. The molecule has 13 heavy (non-hydrogen) atoms. The SMILES string of the molecule is CC1(C)OCCC1NC(=O)CCBr. The number of carbonyl (C=O) groups is 1. The van der Waals surface area contributed by atoms with Gasteiger partial charge in [0.25, 0.3) is 0 Å². The topological polar surface area (TPSA) is 38.3 Å². The number of hydrogen-bond donors (Lipinski definition) is 1. The zero-order chi connectivity index (χ0) is 9.90. The number of rotatable bonds is 3. The van der Waals surface area contributed by atoms with Crippen LogP contribution in [0.4, 0.5) is 0 Å². The maximum atomic E-state index is 11.3. The van der Waals surface area contributed by atoms with Gasteiger partial charge in [-0.2, -0.15) is 0 Å². The molecule has 1 aliphatic heterocycles. The minimum atomic E-state index is -0.206. The Hall–Kier alpha value is -0.0900.